The first-order chi connectivity index (χ1) is 10.1. The van der Waals surface area contributed by atoms with Gasteiger partial charge in [-0.25, -0.2) is 0 Å². The number of nitrogens with one attached hydrogen (secondary N) is 1. The number of thiocarbonyl (C=S) groups is 1. The van der Waals surface area contributed by atoms with Gasteiger partial charge in [-0.1, -0.05) is 35.1 Å². The lowest BCUT2D eigenvalue weighted by atomic mass is 10.1. The highest BCUT2D eigenvalue weighted by molar-refractivity contribution is 9.10. The van der Waals surface area contributed by atoms with E-state index >= 15 is 0 Å². The molecule has 0 heterocycles. The maximum absolute atomic E-state index is 5.77. The number of ether oxygens (including phenoxy) is 1. The van der Waals surface area contributed by atoms with Crippen LogP contribution < -0.4 is 15.8 Å². The van der Waals surface area contributed by atoms with Gasteiger partial charge in [-0.05, 0) is 48.9 Å². The Morgan fingerprint density at radius 1 is 1.24 bits per heavy atom. The van der Waals surface area contributed by atoms with Crippen molar-refractivity contribution in [1.29, 1.82) is 0 Å². The van der Waals surface area contributed by atoms with E-state index in [4.69, 9.17) is 22.7 Å². The highest BCUT2D eigenvalue weighted by Gasteiger charge is 2.06. The van der Waals surface area contributed by atoms with Gasteiger partial charge in [0.05, 0.1) is 6.61 Å². The summed E-state index contributed by atoms with van der Waals surface area (Å²) in [4.78, 5) is 0.363. The predicted molar refractivity (Wildman–Crippen MR) is 95.5 cm³/mol. The van der Waals surface area contributed by atoms with E-state index in [0.717, 1.165) is 40.2 Å². The van der Waals surface area contributed by atoms with Gasteiger partial charge in [0.2, 0.25) is 0 Å². The standard InChI is InChI=1S/C16H17BrN2OS/c1-2-9-20-13-6-4-12(5-7-13)19-15-8-3-11(17)10-14(15)16(18)21/h3-8,10,19H,2,9H2,1H3,(H2,18,21). The van der Waals surface area contributed by atoms with Crippen molar-refractivity contribution in [3.05, 3.63) is 52.5 Å². The minimum absolute atomic E-state index is 0.363. The van der Waals surface area contributed by atoms with Crippen molar-refractivity contribution >= 4 is 44.5 Å². The fraction of sp³-hybridized carbons (Fsp3) is 0.188. The third-order valence-corrected chi connectivity index (χ3v) is 3.57. The molecular formula is C16H17BrN2OS. The topological polar surface area (TPSA) is 47.3 Å². The summed E-state index contributed by atoms with van der Waals surface area (Å²) in [6.45, 7) is 2.81. The molecule has 0 spiro atoms. The number of benzene rings is 2. The van der Waals surface area contributed by atoms with Crippen LogP contribution >= 0.6 is 28.1 Å². The van der Waals surface area contributed by atoms with Gasteiger partial charge in [0.1, 0.15) is 10.7 Å². The van der Waals surface area contributed by atoms with E-state index in [2.05, 4.69) is 28.2 Å². The molecule has 0 radical (unpaired) electrons. The second-order valence-corrected chi connectivity index (χ2v) is 5.91. The fourth-order valence-electron chi connectivity index (χ4n) is 1.84. The van der Waals surface area contributed by atoms with Gasteiger partial charge < -0.3 is 15.8 Å². The number of hydrogen-bond acceptors (Lipinski definition) is 3. The van der Waals surface area contributed by atoms with E-state index in [-0.39, 0.29) is 0 Å². The molecule has 0 amide bonds. The van der Waals surface area contributed by atoms with Crippen molar-refractivity contribution in [2.24, 2.45) is 5.73 Å². The first-order valence-electron chi connectivity index (χ1n) is 6.69. The lowest BCUT2D eigenvalue weighted by molar-refractivity contribution is 0.317. The van der Waals surface area contributed by atoms with Crippen molar-refractivity contribution in [2.45, 2.75) is 13.3 Å². The SMILES string of the molecule is CCCOc1ccc(Nc2ccc(Br)cc2C(N)=S)cc1. The van der Waals surface area contributed by atoms with Crippen molar-refractivity contribution in [3.63, 3.8) is 0 Å². The van der Waals surface area contributed by atoms with Crippen molar-refractivity contribution in [1.82, 2.24) is 0 Å². The van der Waals surface area contributed by atoms with Crippen LogP contribution in [-0.2, 0) is 0 Å². The Bertz CT molecular complexity index is 629. The van der Waals surface area contributed by atoms with E-state index in [9.17, 15) is 0 Å². The van der Waals surface area contributed by atoms with Crippen molar-refractivity contribution in [2.75, 3.05) is 11.9 Å². The van der Waals surface area contributed by atoms with E-state index in [1.54, 1.807) is 0 Å². The molecule has 0 aliphatic heterocycles. The fourth-order valence-corrected chi connectivity index (χ4v) is 2.37. The molecule has 0 bridgehead atoms. The highest BCUT2D eigenvalue weighted by atomic mass is 79.9. The van der Waals surface area contributed by atoms with Crippen molar-refractivity contribution < 1.29 is 4.74 Å². The van der Waals surface area contributed by atoms with Gasteiger partial charge in [0, 0.05) is 21.4 Å². The molecule has 0 fully saturated rings. The Labute approximate surface area is 138 Å². The highest BCUT2D eigenvalue weighted by Crippen LogP contribution is 2.25. The quantitative estimate of drug-likeness (QED) is 0.734. The van der Waals surface area contributed by atoms with Gasteiger partial charge in [0.15, 0.2) is 0 Å². The maximum atomic E-state index is 5.77. The van der Waals surface area contributed by atoms with Crippen LogP contribution in [0.15, 0.2) is 46.9 Å². The zero-order valence-electron chi connectivity index (χ0n) is 11.7. The first kappa shape index (κ1) is 15.8. The molecule has 2 aromatic rings. The van der Waals surface area contributed by atoms with Gasteiger partial charge in [-0.3, -0.25) is 0 Å². The van der Waals surface area contributed by atoms with Crippen LogP contribution in [0, 0.1) is 0 Å². The van der Waals surface area contributed by atoms with Crippen LogP contribution in [-0.4, -0.2) is 11.6 Å². The molecule has 0 saturated heterocycles. The predicted octanol–water partition coefficient (Wildman–Crippen LogP) is 4.62. The summed E-state index contributed by atoms with van der Waals surface area (Å²) in [5.74, 6) is 0.868. The molecule has 21 heavy (non-hydrogen) atoms. The second-order valence-electron chi connectivity index (χ2n) is 4.55. The van der Waals surface area contributed by atoms with E-state index in [1.807, 2.05) is 42.5 Å². The summed E-state index contributed by atoms with van der Waals surface area (Å²) < 4.78 is 6.51. The van der Waals surface area contributed by atoms with E-state index in [1.165, 1.54) is 0 Å². The molecule has 3 N–H and O–H groups in total. The first-order valence-corrected chi connectivity index (χ1v) is 7.89. The van der Waals surface area contributed by atoms with Crippen LogP contribution in [0.1, 0.15) is 18.9 Å². The maximum Gasteiger partial charge on any atom is 0.119 e. The third-order valence-electron chi connectivity index (χ3n) is 2.85. The third kappa shape index (κ3) is 4.44. The van der Waals surface area contributed by atoms with Gasteiger partial charge in [-0.2, -0.15) is 0 Å². The summed E-state index contributed by atoms with van der Waals surface area (Å²) in [5.41, 5.74) is 8.42. The molecule has 0 aliphatic carbocycles. The molecule has 0 atom stereocenters. The van der Waals surface area contributed by atoms with Crippen molar-refractivity contribution in [3.8, 4) is 5.75 Å². The Hall–Kier alpha value is -1.59. The molecule has 3 nitrogen and oxygen atoms in total. The normalized spacial score (nSPS) is 10.2. The molecule has 0 saturated carbocycles. The second kappa shape index (κ2) is 7.43. The van der Waals surface area contributed by atoms with Crippen LogP contribution in [0.3, 0.4) is 0 Å². The molecule has 0 unspecified atom stereocenters. The average molecular weight is 365 g/mol. The zero-order valence-corrected chi connectivity index (χ0v) is 14.1. The van der Waals surface area contributed by atoms with Gasteiger partial charge >= 0.3 is 0 Å². The Morgan fingerprint density at radius 3 is 2.57 bits per heavy atom. The largest absolute Gasteiger partial charge is 0.494 e. The summed E-state index contributed by atoms with van der Waals surface area (Å²) in [5, 5.41) is 3.32. The molecule has 5 heteroatoms. The minimum Gasteiger partial charge on any atom is -0.494 e. The Kier molecular flexibility index (Phi) is 5.59. The van der Waals surface area contributed by atoms with Crippen LogP contribution in [0.5, 0.6) is 5.75 Å². The molecule has 110 valence electrons. The summed E-state index contributed by atoms with van der Waals surface area (Å²) in [6, 6.07) is 13.6. The monoisotopic (exact) mass is 364 g/mol. The number of halogens is 1. The van der Waals surface area contributed by atoms with Crippen LogP contribution in [0.4, 0.5) is 11.4 Å². The molecule has 2 rings (SSSR count). The van der Waals surface area contributed by atoms with Crippen LogP contribution in [0.25, 0.3) is 0 Å². The molecule has 0 aromatic heterocycles. The summed E-state index contributed by atoms with van der Waals surface area (Å²) >= 11 is 8.52. The number of anilines is 2. The molecule has 0 aliphatic rings. The lowest BCUT2D eigenvalue weighted by Crippen LogP contribution is -2.12. The smallest absolute Gasteiger partial charge is 0.119 e. The molecular weight excluding hydrogens is 348 g/mol. The van der Waals surface area contributed by atoms with Crippen LogP contribution in [0.2, 0.25) is 0 Å². The van der Waals surface area contributed by atoms with Gasteiger partial charge in [0.25, 0.3) is 0 Å². The zero-order chi connectivity index (χ0) is 15.2. The average Bonchev–Trinajstić information content (AvgIpc) is 2.48. The number of rotatable bonds is 6. The Morgan fingerprint density at radius 2 is 1.95 bits per heavy atom. The lowest BCUT2D eigenvalue weighted by Gasteiger charge is -2.12. The Balaban J connectivity index is 2.16. The van der Waals surface area contributed by atoms with E-state index in [0.29, 0.717) is 4.99 Å². The summed E-state index contributed by atoms with van der Waals surface area (Å²) in [6.07, 6.45) is 0.996. The number of hydrogen-bond donors (Lipinski definition) is 2. The summed E-state index contributed by atoms with van der Waals surface area (Å²) in [7, 11) is 0. The number of nitrogens with two attached hydrogens (primary N) is 1. The molecule has 2 aromatic carbocycles. The van der Waals surface area contributed by atoms with Gasteiger partial charge in [-0.15, -0.1) is 0 Å². The minimum atomic E-state index is 0.363. The van der Waals surface area contributed by atoms with E-state index < -0.39 is 0 Å².